The van der Waals surface area contributed by atoms with Crippen LogP contribution in [0, 0.1) is 16.7 Å². The number of thiazole rings is 1. The molecule has 19 heavy (non-hydrogen) atoms. The van der Waals surface area contributed by atoms with E-state index in [9.17, 15) is 10.4 Å². The number of aryl methyl sites for hydroxylation is 1. The number of nitriles is 1. The molecule has 4 heteroatoms. The second-order valence-corrected chi connectivity index (χ2v) is 5.91. The van der Waals surface area contributed by atoms with Gasteiger partial charge in [0.05, 0.1) is 11.5 Å². The third kappa shape index (κ3) is 2.05. The van der Waals surface area contributed by atoms with Crippen LogP contribution in [0.15, 0.2) is 35.8 Å². The van der Waals surface area contributed by atoms with E-state index in [2.05, 4.69) is 23.2 Å². The van der Waals surface area contributed by atoms with Crippen molar-refractivity contribution in [3.63, 3.8) is 0 Å². The highest BCUT2D eigenvalue weighted by Gasteiger charge is 2.43. The zero-order chi connectivity index (χ0) is 13.3. The fraction of sp³-hybridized carbons (Fsp3) is 0.333. The first-order valence-corrected chi connectivity index (χ1v) is 7.19. The van der Waals surface area contributed by atoms with Crippen molar-refractivity contribution < 1.29 is 5.11 Å². The smallest absolute Gasteiger partial charge is 0.124 e. The molecule has 0 spiro atoms. The topological polar surface area (TPSA) is 56.9 Å². The van der Waals surface area contributed by atoms with Crippen molar-refractivity contribution in [3.05, 3.63) is 52.0 Å². The van der Waals surface area contributed by atoms with E-state index < -0.39 is 11.5 Å². The molecule has 2 aromatic rings. The molecule has 1 N–H and O–H groups in total. The number of aliphatic hydroxyl groups excluding tert-OH is 1. The van der Waals surface area contributed by atoms with E-state index >= 15 is 0 Å². The average molecular weight is 270 g/mol. The van der Waals surface area contributed by atoms with Crippen LogP contribution in [0.3, 0.4) is 0 Å². The molecule has 0 amide bonds. The van der Waals surface area contributed by atoms with Gasteiger partial charge in [-0.1, -0.05) is 24.3 Å². The quantitative estimate of drug-likeness (QED) is 0.913. The van der Waals surface area contributed by atoms with Crippen molar-refractivity contribution in [2.45, 2.75) is 25.4 Å². The first-order valence-electron chi connectivity index (χ1n) is 6.31. The number of aliphatic hydroxyl groups is 1. The van der Waals surface area contributed by atoms with Crippen LogP contribution in [-0.2, 0) is 12.8 Å². The minimum atomic E-state index is -0.800. The number of nitrogens with zero attached hydrogens (tertiary/aromatic N) is 2. The summed E-state index contributed by atoms with van der Waals surface area (Å²) in [5.41, 5.74) is 1.72. The maximum atomic E-state index is 10.5. The fourth-order valence-electron chi connectivity index (χ4n) is 2.76. The van der Waals surface area contributed by atoms with Crippen molar-refractivity contribution in [3.8, 4) is 6.07 Å². The van der Waals surface area contributed by atoms with Crippen LogP contribution >= 0.6 is 11.3 Å². The summed E-state index contributed by atoms with van der Waals surface area (Å²) in [6, 6.07) is 10.5. The van der Waals surface area contributed by atoms with Gasteiger partial charge in [-0.2, -0.15) is 5.26 Å². The van der Waals surface area contributed by atoms with Gasteiger partial charge in [0.25, 0.3) is 0 Å². The van der Waals surface area contributed by atoms with Gasteiger partial charge in [0.15, 0.2) is 0 Å². The Bertz CT molecular complexity index is 617. The minimum absolute atomic E-state index is 0.598. The molecule has 0 aliphatic heterocycles. The average Bonchev–Trinajstić information content (AvgIpc) is 3.00. The number of benzene rings is 1. The van der Waals surface area contributed by atoms with Gasteiger partial charge in [-0.25, -0.2) is 4.98 Å². The Hall–Kier alpha value is -1.70. The summed E-state index contributed by atoms with van der Waals surface area (Å²) in [5, 5.41) is 22.6. The van der Waals surface area contributed by atoms with Gasteiger partial charge >= 0.3 is 0 Å². The Morgan fingerprint density at radius 2 is 2.16 bits per heavy atom. The number of hydrogen-bond donors (Lipinski definition) is 1. The second-order valence-electron chi connectivity index (χ2n) is 4.99. The molecule has 1 aromatic heterocycles. The molecule has 0 saturated carbocycles. The van der Waals surface area contributed by atoms with Gasteiger partial charge < -0.3 is 5.11 Å². The van der Waals surface area contributed by atoms with Crippen molar-refractivity contribution in [1.82, 2.24) is 4.98 Å². The molecule has 3 nitrogen and oxygen atoms in total. The van der Waals surface area contributed by atoms with E-state index in [0.717, 1.165) is 6.42 Å². The highest BCUT2D eigenvalue weighted by atomic mass is 32.1. The van der Waals surface area contributed by atoms with E-state index in [-0.39, 0.29) is 0 Å². The predicted octanol–water partition coefficient (Wildman–Crippen LogP) is 2.88. The summed E-state index contributed by atoms with van der Waals surface area (Å²) in [4.78, 5) is 4.16. The van der Waals surface area contributed by atoms with Crippen LogP contribution in [0.5, 0.6) is 0 Å². The Balaban J connectivity index is 1.97. The van der Waals surface area contributed by atoms with Crippen LogP contribution in [0.1, 0.15) is 28.7 Å². The molecular formula is C15H14N2OS. The van der Waals surface area contributed by atoms with Crippen LogP contribution in [0.4, 0.5) is 0 Å². The molecule has 1 heterocycles. The van der Waals surface area contributed by atoms with E-state index in [4.69, 9.17) is 0 Å². The summed E-state index contributed by atoms with van der Waals surface area (Å²) in [5.74, 6) is 0. The summed E-state index contributed by atoms with van der Waals surface area (Å²) in [6.45, 7) is 0. The third-order valence-electron chi connectivity index (χ3n) is 3.90. The summed E-state index contributed by atoms with van der Waals surface area (Å²) < 4.78 is 0. The maximum Gasteiger partial charge on any atom is 0.124 e. The summed E-state index contributed by atoms with van der Waals surface area (Å²) in [6.07, 6.45) is 2.99. The van der Waals surface area contributed by atoms with Gasteiger partial charge in [0.1, 0.15) is 11.1 Å². The van der Waals surface area contributed by atoms with Crippen LogP contribution in [0.2, 0.25) is 0 Å². The Kier molecular flexibility index (Phi) is 3.09. The molecule has 0 saturated heterocycles. The van der Waals surface area contributed by atoms with Crippen molar-refractivity contribution >= 4 is 11.3 Å². The van der Waals surface area contributed by atoms with Crippen molar-refractivity contribution in [2.75, 3.05) is 0 Å². The third-order valence-corrected chi connectivity index (χ3v) is 4.72. The van der Waals surface area contributed by atoms with Gasteiger partial charge in [-0.3, -0.25) is 0 Å². The predicted molar refractivity (Wildman–Crippen MR) is 73.6 cm³/mol. The number of hydrogen-bond acceptors (Lipinski definition) is 4. The van der Waals surface area contributed by atoms with Crippen LogP contribution < -0.4 is 0 Å². The lowest BCUT2D eigenvalue weighted by molar-refractivity contribution is 0.0524. The van der Waals surface area contributed by atoms with E-state index in [1.54, 1.807) is 6.20 Å². The second kappa shape index (κ2) is 4.76. The van der Waals surface area contributed by atoms with Crippen LogP contribution in [0.25, 0.3) is 0 Å². The first kappa shape index (κ1) is 12.3. The number of fused-ring (bicyclic) bond motifs is 1. The maximum absolute atomic E-state index is 10.5. The lowest BCUT2D eigenvalue weighted by Gasteiger charge is -2.35. The molecule has 3 rings (SSSR count). The molecule has 0 radical (unpaired) electrons. The first-order chi connectivity index (χ1) is 9.25. The zero-order valence-electron chi connectivity index (χ0n) is 10.4. The minimum Gasteiger partial charge on any atom is -0.384 e. The largest absolute Gasteiger partial charge is 0.384 e. The lowest BCUT2D eigenvalue weighted by Crippen LogP contribution is -2.34. The molecule has 1 aromatic carbocycles. The Labute approximate surface area is 116 Å². The monoisotopic (exact) mass is 270 g/mol. The highest BCUT2D eigenvalue weighted by Crippen LogP contribution is 2.44. The van der Waals surface area contributed by atoms with Gasteiger partial charge in [-0.15, -0.1) is 11.3 Å². The number of aromatic nitrogens is 1. The molecule has 1 aliphatic rings. The van der Waals surface area contributed by atoms with Crippen LogP contribution in [-0.4, -0.2) is 10.1 Å². The van der Waals surface area contributed by atoms with E-state index in [1.165, 1.54) is 22.5 Å². The van der Waals surface area contributed by atoms with E-state index in [1.807, 2.05) is 17.5 Å². The molecule has 0 fully saturated rings. The Morgan fingerprint density at radius 1 is 1.37 bits per heavy atom. The van der Waals surface area contributed by atoms with Gasteiger partial charge in [0.2, 0.25) is 0 Å². The lowest BCUT2D eigenvalue weighted by atomic mass is 9.69. The van der Waals surface area contributed by atoms with E-state index in [0.29, 0.717) is 17.8 Å². The SMILES string of the molecule is N#CC1(C(O)c2nccs2)CCc2ccccc2C1. The fourth-order valence-corrected chi connectivity index (χ4v) is 3.49. The molecule has 0 bridgehead atoms. The van der Waals surface area contributed by atoms with Gasteiger partial charge in [-0.05, 0) is 30.4 Å². The molecule has 2 atom stereocenters. The standard InChI is InChI=1S/C15H14N2OS/c16-10-15(13(18)14-17-7-8-19-14)6-5-11-3-1-2-4-12(11)9-15/h1-4,7-8,13,18H,5-6,9H2. The molecule has 96 valence electrons. The Morgan fingerprint density at radius 3 is 2.84 bits per heavy atom. The zero-order valence-corrected chi connectivity index (χ0v) is 11.2. The molecule has 2 unspecified atom stereocenters. The summed E-state index contributed by atoms with van der Waals surface area (Å²) >= 11 is 1.41. The number of rotatable bonds is 2. The highest BCUT2D eigenvalue weighted by molar-refractivity contribution is 7.09. The van der Waals surface area contributed by atoms with Gasteiger partial charge in [0, 0.05) is 11.6 Å². The molecular weight excluding hydrogens is 256 g/mol. The molecule has 1 aliphatic carbocycles. The van der Waals surface area contributed by atoms with Crippen molar-refractivity contribution in [1.29, 1.82) is 5.26 Å². The van der Waals surface area contributed by atoms with Crippen molar-refractivity contribution in [2.24, 2.45) is 5.41 Å². The summed E-state index contributed by atoms with van der Waals surface area (Å²) in [7, 11) is 0. The normalized spacial score (nSPS) is 23.4.